The SMILES string of the molecule is O=c1c2c3c(sc2nc(SCCc2ccccc2)n1C1CCCCC1)CN(Cc1ccccc1)CC3. The average molecular weight is 516 g/mol. The summed E-state index contributed by atoms with van der Waals surface area (Å²) in [7, 11) is 0. The maximum atomic E-state index is 14.1. The van der Waals surface area contributed by atoms with Gasteiger partial charge in [-0.2, -0.15) is 0 Å². The summed E-state index contributed by atoms with van der Waals surface area (Å²) in [5.74, 6) is 0.935. The molecule has 1 saturated carbocycles. The number of fused-ring (bicyclic) bond motifs is 3. The number of benzene rings is 2. The molecule has 2 aromatic carbocycles. The summed E-state index contributed by atoms with van der Waals surface area (Å²) in [4.78, 5) is 24.1. The van der Waals surface area contributed by atoms with E-state index in [0.29, 0.717) is 0 Å². The van der Waals surface area contributed by atoms with Crippen LogP contribution in [-0.4, -0.2) is 26.7 Å². The second-order valence-corrected chi connectivity index (χ2v) is 12.2. The lowest BCUT2D eigenvalue weighted by Crippen LogP contribution is -2.31. The van der Waals surface area contributed by atoms with E-state index in [1.807, 2.05) is 0 Å². The van der Waals surface area contributed by atoms with Gasteiger partial charge in [0.2, 0.25) is 0 Å². The van der Waals surface area contributed by atoms with Gasteiger partial charge in [0.05, 0.1) is 5.39 Å². The molecule has 0 atom stereocenters. The minimum absolute atomic E-state index is 0.211. The molecule has 0 radical (unpaired) electrons. The molecule has 0 bridgehead atoms. The van der Waals surface area contributed by atoms with Crippen LogP contribution in [0.15, 0.2) is 70.6 Å². The fourth-order valence-corrected chi connectivity index (χ4v) is 8.09. The summed E-state index contributed by atoms with van der Waals surface area (Å²) in [6.45, 7) is 2.85. The Hall–Kier alpha value is -2.41. The van der Waals surface area contributed by atoms with Crippen LogP contribution < -0.4 is 5.56 Å². The van der Waals surface area contributed by atoms with E-state index in [0.717, 1.165) is 66.4 Å². The van der Waals surface area contributed by atoms with Crippen LogP contribution in [0.1, 0.15) is 59.7 Å². The number of aromatic nitrogens is 2. The number of hydrogen-bond acceptors (Lipinski definition) is 5. The van der Waals surface area contributed by atoms with Crippen LogP contribution in [0.5, 0.6) is 0 Å². The fourth-order valence-electron chi connectivity index (χ4n) is 5.73. The van der Waals surface area contributed by atoms with Crippen LogP contribution in [0.25, 0.3) is 10.2 Å². The van der Waals surface area contributed by atoms with Crippen molar-refractivity contribution in [3.63, 3.8) is 0 Å². The van der Waals surface area contributed by atoms with Crippen LogP contribution in [0.2, 0.25) is 0 Å². The molecule has 6 heteroatoms. The lowest BCUT2D eigenvalue weighted by Gasteiger charge is -2.27. The summed E-state index contributed by atoms with van der Waals surface area (Å²) in [6, 6.07) is 21.6. The lowest BCUT2D eigenvalue weighted by atomic mass is 9.95. The topological polar surface area (TPSA) is 38.1 Å². The zero-order chi connectivity index (χ0) is 24.3. The van der Waals surface area contributed by atoms with Gasteiger partial charge in [0.25, 0.3) is 5.56 Å². The molecule has 4 nitrogen and oxygen atoms in total. The average Bonchev–Trinajstić information content (AvgIpc) is 3.28. The lowest BCUT2D eigenvalue weighted by molar-refractivity contribution is 0.249. The molecule has 1 fully saturated rings. The van der Waals surface area contributed by atoms with Crippen LogP contribution in [0, 0.1) is 0 Å². The quantitative estimate of drug-likeness (QED) is 0.199. The van der Waals surface area contributed by atoms with E-state index < -0.39 is 0 Å². The van der Waals surface area contributed by atoms with E-state index in [1.165, 1.54) is 40.8 Å². The van der Waals surface area contributed by atoms with Crippen molar-refractivity contribution in [1.29, 1.82) is 0 Å². The molecule has 3 heterocycles. The van der Waals surface area contributed by atoms with Crippen molar-refractivity contribution in [2.45, 2.75) is 69.2 Å². The Morgan fingerprint density at radius 1 is 0.944 bits per heavy atom. The molecule has 0 saturated heterocycles. The van der Waals surface area contributed by atoms with Gasteiger partial charge in [-0.25, -0.2) is 4.98 Å². The smallest absolute Gasteiger partial charge is 0.263 e. The zero-order valence-corrected chi connectivity index (χ0v) is 22.3. The van der Waals surface area contributed by atoms with Crippen molar-refractivity contribution in [2.75, 3.05) is 12.3 Å². The first-order valence-electron chi connectivity index (χ1n) is 13.3. The molecule has 186 valence electrons. The Morgan fingerprint density at radius 2 is 1.67 bits per heavy atom. The highest BCUT2D eigenvalue weighted by Crippen LogP contribution is 2.36. The molecule has 2 aliphatic rings. The third-order valence-corrected chi connectivity index (χ3v) is 9.67. The number of thioether (sulfide) groups is 1. The highest BCUT2D eigenvalue weighted by Gasteiger charge is 2.28. The van der Waals surface area contributed by atoms with Crippen molar-refractivity contribution in [3.05, 3.63) is 92.6 Å². The minimum Gasteiger partial charge on any atom is -0.294 e. The van der Waals surface area contributed by atoms with Gasteiger partial charge in [-0.05, 0) is 42.4 Å². The Labute approximate surface area is 221 Å². The number of rotatable bonds is 7. The number of nitrogens with zero attached hydrogens (tertiary/aromatic N) is 3. The second kappa shape index (κ2) is 10.9. The van der Waals surface area contributed by atoms with Gasteiger partial charge in [-0.3, -0.25) is 14.3 Å². The summed E-state index contributed by atoms with van der Waals surface area (Å²) in [6.07, 6.45) is 7.80. The predicted octanol–water partition coefficient (Wildman–Crippen LogP) is 6.86. The maximum Gasteiger partial charge on any atom is 0.263 e. The third-order valence-electron chi connectivity index (χ3n) is 7.61. The number of aryl methyl sites for hydroxylation is 1. The maximum absolute atomic E-state index is 14.1. The fraction of sp³-hybridized carbons (Fsp3) is 0.400. The molecule has 36 heavy (non-hydrogen) atoms. The van der Waals surface area contributed by atoms with Crippen molar-refractivity contribution >= 4 is 33.3 Å². The van der Waals surface area contributed by atoms with Gasteiger partial charge >= 0.3 is 0 Å². The van der Waals surface area contributed by atoms with E-state index >= 15 is 0 Å². The van der Waals surface area contributed by atoms with Gasteiger partial charge < -0.3 is 0 Å². The van der Waals surface area contributed by atoms with Gasteiger partial charge in [-0.1, -0.05) is 91.7 Å². The summed E-state index contributed by atoms with van der Waals surface area (Å²) in [5, 5.41) is 1.84. The molecular weight excluding hydrogens is 482 g/mol. The van der Waals surface area contributed by atoms with E-state index in [9.17, 15) is 4.79 Å². The first-order valence-corrected chi connectivity index (χ1v) is 15.1. The molecular formula is C30H33N3OS2. The van der Waals surface area contributed by atoms with E-state index in [2.05, 4.69) is 70.1 Å². The summed E-state index contributed by atoms with van der Waals surface area (Å²) >= 11 is 3.51. The van der Waals surface area contributed by atoms with E-state index in [4.69, 9.17) is 4.98 Å². The number of hydrogen-bond donors (Lipinski definition) is 0. The van der Waals surface area contributed by atoms with Crippen LogP contribution >= 0.6 is 23.1 Å². The first kappa shape index (κ1) is 24.0. The molecule has 4 aromatic rings. The van der Waals surface area contributed by atoms with Gasteiger partial charge in [0.15, 0.2) is 5.16 Å². The molecule has 0 unspecified atom stereocenters. The van der Waals surface area contributed by atoms with Gasteiger partial charge in [0.1, 0.15) is 4.83 Å². The zero-order valence-electron chi connectivity index (χ0n) is 20.7. The van der Waals surface area contributed by atoms with Crippen molar-refractivity contribution in [1.82, 2.24) is 14.5 Å². The van der Waals surface area contributed by atoms with Crippen molar-refractivity contribution < 1.29 is 0 Å². The van der Waals surface area contributed by atoms with Crippen molar-refractivity contribution in [2.24, 2.45) is 0 Å². The van der Waals surface area contributed by atoms with Crippen LogP contribution in [-0.2, 0) is 25.9 Å². The molecule has 6 rings (SSSR count). The third kappa shape index (κ3) is 5.04. The van der Waals surface area contributed by atoms with Gasteiger partial charge in [0, 0.05) is 36.3 Å². The Balaban J connectivity index is 1.31. The molecule has 0 spiro atoms. The monoisotopic (exact) mass is 515 g/mol. The standard InChI is InChI=1S/C30H33N3OS2/c34-29-27-25-16-18-32(20-23-12-6-2-7-13-23)21-26(25)36-28(27)31-30(33(29)24-14-8-3-9-15-24)35-19-17-22-10-4-1-5-11-22/h1-2,4-7,10-13,24H,3,8-9,14-21H2. The Kier molecular flexibility index (Phi) is 7.26. The number of thiophene rings is 1. The largest absolute Gasteiger partial charge is 0.294 e. The second-order valence-electron chi connectivity index (χ2n) is 10.1. The molecule has 0 amide bonds. The Bertz CT molecular complexity index is 1370. The highest BCUT2D eigenvalue weighted by molar-refractivity contribution is 7.99. The Morgan fingerprint density at radius 3 is 2.42 bits per heavy atom. The molecule has 1 aliphatic carbocycles. The summed E-state index contributed by atoms with van der Waals surface area (Å²) in [5.41, 5.74) is 4.16. The molecule has 0 N–H and O–H groups in total. The van der Waals surface area contributed by atoms with E-state index in [-0.39, 0.29) is 11.6 Å². The van der Waals surface area contributed by atoms with Gasteiger partial charge in [-0.15, -0.1) is 11.3 Å². The molecule has 2 aromatic heterocycles. The van der Waals surface area contributed by atoms with E-state index in [1.54, 1.807) is 23.1 Å². The predicted molar refractivity (Wildman–Crippen MR) is 151 cm³/mol. The molecule has 1 aliphatic heterocycles. The minimum atomic E-state index is 0.211. The summed E-state index contributed by atoms with van der Waals surface area (Å²) < 4.78 is 2.10. The first-order chi connectivity index (χ1) is 17.8. The normalized spacial score (nSPS) is 16.9. The highest BCUT2D eigenvalue weighted by atomic mass is 32.2. The van der Waals surface area contributed by atoms with Crippen LogP contribution in [0.3, 0.4) is 0 Å². The van der Waals surface area contributed by atoms with Crippen LogP contribution in [0.4, 0.5) is 0 Å². The van der Waals surface area contributed by atoms with Crippen molar-refractivity contribution in [3.8, 4) is 0 Å².